The minimum absolute atomic E-state index is 0.00752. The van der Waals surface area contributed by atoms with Crippen LogP contribution in [0.2, 0.25) is 0 Å². The number of carbonyl (C=O) groups excluding carboxylic acids is 2. The Bertz CT molecular complexity index is 600. The quantitative estimate of drug-likeness (QED) is 0.581. The molecule has 0 unspecified atom stereocenters. The van der Waals surface area contributed by atoms with E-state index in [1.54, 1.807) is 13.8 Å². The van der Waals surface area contributed by atoms with E-state index in [1.165, 1.54) is 6.92 Å². The molecule has 0 fully saturated rings. The molecule has 0 bridgehead atoms. The molecule has 0 heterocycles. The van der Waals surface area contributed by atoms with E-state index in [2.05, 4.69) is 6.58 Å². The lowest BCUT2D eigenvalue weighted by Gasteiger charge is -2.27. The van der Waals surface area contributed by atoms with E-state index >= 15 is 0 Å². The Morgan fingerprint density at radius 1 is 1.00 bits per heavy atom. The molecule has 0 aromatic heterocycles. The SMILES string of the molecule is C=C(c1ccc(C(F)(F)F)cc1)C(C)(C(=O)OCC)C(=O)OCC. The average Bonchev–Trinajstić information content (AvgIpc) is 2.53. The molecule has 132 valence electrons. The first-order valence-corrected chi connectivity index (χ1v) is 7.30. The highest BCUT2D eigenvalue weighted by molar-refractivity contribution is 6.11. The van der Waals surface area contributed by atoms with Gasteiger partial charge < -0.3 is 9.47 Å². The largest absolute Gasteiger partial charge is 0.465 e. The summed E-state index contributed by atoms with van der Waals surface area (Å²) in [5.74, 6) is -1.73. The molecule has 1 rings (SSSR count). The number of hydrogen-bond acceptors (Lipinski definition) is 4. The highest BCUT2D eigenvalue weighted by Gasteiger charge is 2.47. The first-order valence-electron chi connectivity index (χ1n) is 7.30. The zero-order valence-electron chi connectivity index (χ0n) is 13.7. The summed E-state index contributed by atoms with van der Waals surface area (Å²) >= 11 is 0. The number of halogens is 3. The summed E-state index contributed by atoms with van der Waals surface area (Å²) in [7, 11) is 0. The summed E-state index contributed by atoms with van der Waals surface area (Å²) in [5.41, 5.74) is -2.46. The lowest BCUT2D eigenvalue weighted by Crippen LogP contribution is -2.40. The van der Waals surface area contributed by atoms with Crippen LogP contribution in [0.15, 0.2) is 30.8 Å². The Morgan fingerprint density at radius 2 is 1.42 bits per heavy atom. The smallest absolute Gasteiger partial charge is 0.416 e. The fourth-order valence-corrected chi connectivity index (χ4v) is 2.03. The second kappa shape index (κ2) is 7.51. The van der Waals surface area contributed by atoms with Crippen molar-refractivity contribution < 1.29 is 32.2 Å². The van der Waals surface area contributed by atoms with Crippen molar-refractivity contribution in [3.8, 4) is 0 Å². The third kappa shape index (κ3) is 3.96. The summed E-state index contributed by atoms with van der Waals surface area (Å²) in [6.07, 6.45) is -4.48. The van der Waals surface area contributed by atoms with Gasteiger partial charge in [0.25, 0.3) is 0 Å². The molecule has 0 aliphatic carbocycles. The highest BCUT2D eigenvalue weighted by atomic mass is 19.4. The molecule has 0 radical (unpaired) electrons. The Morgan fingerprint density at radius 3 is 1.75 bits per heavy atom. The molecule has 0 N–H and O–H groups in total. The molecular formula is C17H19F3O4. The van der Waals surface area contributed by atoms with Crippen LogP contribution in [-0.2, 0) is 25.2 Å². The summed E-state index contributed by atoms with van der Waals surface area (Å²) in [6.45, 7) is 8.21. The first kappa shape index (κ1) is 19.7. The number of hydrogen-bond donors (Lipinski definition) is 0. The van der Waals surface area contributed by atoms with Crippen molar-refractivity contribution in [3.05, 3.63) is 42.0 Å². The third-order valence-electron chi connectivity index (χ3n) is 3.53. The van der Waals surface area contributed by atoms with Gasteiger partial charge in [0.15, 0.2) is 5.41 Å². The topological polar surface area (TPSA) is 52.6 Å². The Balaban J connectivity index is 3.26. The molecule has 24 heavy (non-hydrogen) atoms. The lowest BCUT2D eigenvalue weighted by molar-refractivity contribution is -0.165. The number of rotatable bonds is 6. The maximum Gasteiger partial charge on any atom is 0.416 e. The Kier molecular flexibility index (Phi) is 6.17. The van der Waals surface area contributed by atoms with Gasteiger partial charge in [-0.15, -0.1) is 0 Å². The van der Waals surface area contributed by atoms with Gasteiger partial charge in [-0.3, -0.25) is 9.59 Å². The van der Waals surface area contributed by atoms with Crippen molar-refractivity contribution in [1.82, 2.24) is 0 Å². The number of benzene rings is 1. The zero-order chi connectivity index (χ0) is 18.5. The molecule has 7 heteroatoms. The van der Waals surface area contributed by atoms with Crippen molar-refractivity contribution in [2.75, 3.05) is 13.2 Å². The van der Waals surface area contributed by atoms with Crippen LogP contribution in [0.25, 0.3) is 5.57 Å². The molecule has 4 nitrogen and oxygen atoms in total. The van der Waals surface area contributed by atoms with Gasteiger partial charge in [0.05, 0.1) is 18.8 Å². The van der Waals surface area contributed by atoms with Crippen LogP contribution >= 0.6 is 0 Å². The van der Waals surface area contributed by atoms with Crippen LogP contribution < -0.4 is 0 Å². The predicted octanol–water partition coefficient (Wildman–Crippen LogP) is 3.85. The van der Waals surface area contributed by atoms with E-state index in [-0.39, 0.29) is 24.4 Å². The maximum absolute atomic E-state index is 12.6. The highest BCUT2D eigenvalue weighted by Crippen LogP contribution is 2.38. The first-order chi connectivity index (χ1) is 11.1. The van der Waals surface area contributed by atoms with Crippen LogP contribution in [0.4, 0.5) is 13.2 Å². The third-order valence-corrected chi connectivity index (χ3v) is 3.53. The van der Waals surface area contributed by atoms with Crippen molar-refractivity contribution in [3.63, 3.8) is 0 Å². The molecule has 0 saturated carbocycles. The van der Waals surface area contributed by atoms with Crippen molar-refractivity contribution >= 4 is 17.5 Å². The number of ether oxygens (including phenoxy) is 2. The fourth-order valence-electron chi connectivity index (χ4n) is 2.03. The van der Waals surface area contributed by atoms with Crippen LogP contribution in [0.5, 0.6) is 0 Å². The zero-order valence-corrected chi connectivity index (χ0v) is 13.7. The molecule has 0 saturated heterocycles. The summed E-state index contributed by atoms with van der Waals surface area (Å²) in [4.78, 5) is 24.5. The van der Waals surface area contributed by atoms with Crippen molar-refractivity contribution in [1.29, 1.82) is 0 Å². The Labute approximate surface area is 138 Å². The molecule has 0 amide bonds. The van der Waals surface area contributed by atoms with Crippen LogP contribution in [0.1, 0.15) is 31.9 Å². The summed E-state index contributed by atoms with van der Waals surface area (Å²) in [6, 6.07) is 4.03. The monoisotopic (exact) mass is 344 g/mol. The number of esters is 2. The second-order valence-electron chi connectivity index (χ2n) is 5.12. The molecule has 1 aromatic carbocycles. The van der Waals surface area contributed by atoms with Gasteiger partial charge in [-0.1, -0.05) is 18.7 Å². The molecule has 1 aromatic rings. The maximum atomic E-state index is 12.6. The average molecular weight is 344 g/mol. The van der Waals surface area contributed by atoms with E-state index < -0.39 is 29.1 Å². The van der Waals surface area contributed by atoms with Crippen LogP contribution in [-0.4, -0.2) is 25.2 Å². The number of alkyl halides is 3. The van der Waals surface area contributed by atoms with E-state index in [0.717, 1.165) is 24.3 Å². The minimum atomic E-state index is -4.48. The van der Waals surface area contributed by atoms with E-state index in [9.17, 15) is 22.8 Å². The molecule has 0 aliphatic heterocycles. The normalized spacial score (nSPS) is 11.8. The molecule has 0 atom stereocenters. The Hall–Kier alpha value is -2.31. The summed E-state index contributed by atoms with van der Waals surface area (Å²) < 4.78 is 47.8. The van der Waals surface area contributed by atoms with E-state index in [0.29, 0.717) is 0 Å². The predicted molar refractivity (Wildman–Crippen MR) is 81.9 cm³/mol. The number of carbonyl (C=O) groups is 2. The van der Waals surface area contributed by atoms with Crippen molar-refractivity contribution in [2.24, 2.45) is 5.41 Å². The van der Waals surface area contributed by atoms with Gasteiger partial charge in [0, 0.05) is 0 Å². The van der Waals surface area contributed by atoms with Gasteiger partial charge in [0.2, 0.25) is 0 Å². The molecule has 0 spiro atoms. The van der Waals surface area contributed by atoms with E-state index in [1.807, 2.05) is 0 Å². The van der Waals surface area contributed by atoms with Gasteiger partial charge >= 0.3 is 18.1 Å². The van der Waals surface area contributed by atoms with Gasteiger partial charge in [-0.25, -0.2) is 0 Å². The summed E-state index contributed by atoms with van der Waals surface area (Å²) in [5, 5.41) is 0. The van der Waals surface area contributed by atoms with Gasteiger partial charge in [0.1, 0.15) is 0 Å². The standard InChI is InChI=1S/C17H19F3O4/c1-5-23-14(21)16(4,15(22)24-6-2)11(3)12-7-9-13(10-8-12)17(18,19)20/h7-10H,3,5-6H2,1-2,4H3. The fraction of sp³-hybridized carbons (Fsp3) is 0.412. The van der Waals surface area contributed by atoms with Crippen LogP contribution in [0.3, 0.4) is 0 Å². The molecular weight excluding hydrogens is 325 g/mol. The minimum Gasteiger partial charge on any atom is -0.465 e. The van der Waals surface area contributed by atoms with Crippen LogP contribution in [0, 0.1) is 5.41 Å². The van der Waals surface area contributed by atoms with Gasteiger partial charge in [-0.05, 0) is 44.0 Å². The van der Waals surface area contributed by atoms with Crippen molar-refractivity contribution in [2.45, 2.75) is 26.9 Å². The van der Waals surface area contributed by atoms with Gasteiger partial charge in [-0.2, -0.15) is 13.2 Å². The van der Waals surface area contributed by atoms with E-state index in [4.69, 9.17) is 9.47 Å². The second-order valence-corrected chi connectivity index (χ2v) is 5.12. The lowest BCUT2D eigenvalue weighted by atomic mass is 9.79. The molecule has 0 aliphatic rings.